The lowest BCUT2D eigenvalue weighted by molar-refractivity contribution is 0.0303. The number of piperidine rings is 1. The molecule has 0 aliphatic carbocycles. The highest BCUT2D eigenvalue weighted by Gasteiger charge is 2.32. The lowest BCUT2D eigenvalue weighted by Crippen LogP contribution is -2.50. The smallest absolute Gasteiger partial charge is 0.416 e. The van der Waals surface area contributed by atoms with Crippen LogP contribution >= 0.6 is 0 Å². The molecule has 4 rings (SSSR count). The number of nitrogens with two attached hydrogens (primary N) is 1. The fourth-order valence-electron chi connectivity index (χ4n) is 4.47. The summed E-state index contributed by atoms with van der Waals surface area (Å²) in [6, 6.07) is 8.44. The minimum absolute atomic E-state index is 0.0574. The van der Waals surface area contributed by atoms with E-state index in [-0.39, 0.29) is 17.5 Å². The lowest BCUT2D eigenvalue weighted by atomic mass is 10.1. The third-order valence-corrected chi connectivity index (χ3v) is 6.34. The van der Waals surface area contributed by atoms with Crippen molar-refractivity contribution >= 4 is 35.1 Å². The molecule has 3 amide bonds. The van der Waals surface area contributed by atoms with E-state index < -0.39 is 17.6 Å². The summed E-state index contributed by atoms with van der Waals surface area (Å²) in [6.07, 6.45) is 2.54. The summed E-state index contributed by atoms with van der Waals surface area (Å²) in [4.78, 5) is 45.9. The van der Waals surface area contributed by atoms with Crippen LogP contribution in [0.15, 0.2) is 36.5 Å². The second-order valence-electron chi connectivity index (χ2n) is 10.4. The molecule has 0 saturated carbocycles. The van der Waals surface area contributed by atoms with Crippen LogP contribution in [0.1, 0.15) is 54.3 Å². The second kappa shape index (κ2) is 11.8. The molecule has 0 radical (unpaired) electrons. The number of carbonyl (C=O) groups is 3. The Labute approximate surface area is 222 Å². The standard InChI is InChI=1S/C27H36N6O5/c1-27(2,3)38-26(36)33(20-5-4-10-29-16-20)23-15-22(21(17-30-23)24(28)34)31-19-8-6-18(7-9-19)25(35)32-11-13-37-14-12-32/h6-9,15,17,20,29H,4-5,10-14,16H2,1-3H3,(H2,28,34)(H,30,31)/t20-/m1/s1. The fourth-order valence-corrected chi connectivity index (χ4v) is 4.47. The van der Waals surface area contributed by atoms with Gasteiger partial charge in [-0.1, -0.05) is 0 Å². The van der Waals surface area contributed by atoms with Crippen LogP contribution < -0.4 is 21.3 Å². The molecule has 2 aliphatic rings. The van der Waals surface area contributed by atoms with Crippen molar-refractivity contribution in [2.75, 3.05) is 49.6 Å². The van der Waals surface area contributed by atoms with Crippen LogP contribution in [0.4, 0.5) is 22.0 Å². The van der Waals surface area contributed by atoms with Crippen molar-refractivity contribution in [3.05, 3.63) is 47.7 Å². The van der Waals surface area contributed by atoms with Gasteiger partial charge in [-0.3, -0.25) is 14.5 Å². The molecule has 0 spiro atoms. The van der Waals surface area contributed by atoms with E-state index >= 15 is 0 Å². The summed E-state index contributed by atoms with van der Waals surface area (Å²) < 4.78 is 11.0. The van der Waals surface area contributed by atoms with Crippen molar-refractivity contribution in [3.8, 4) is 0 Å². The first-order valence-corrected chi connectivity index (χ1v) is 12.9. The minimum atomic E-state index is -0.688. The molecule has 204 valence electrons. The van der Waals surface area contributed by atoms with E-state index in [9.17, 15) is 14.4 Å². The fraction of sp³-hybridized carbons (Fsp3) is 0.481. The topological polar surface area (TPSA) is 139 Å². The van der Waals surface area contributed by atoms with Crippen molar-refractivity contribution in [3.63, 3.8) is 0 Å². The molecule has 1 aromatic heterocycles. The summed E-state index contributed by atoms with van der Waals surface area (Å²) in [5.41, 5.74) is 6.72. The molecular weight excluding hydrogens is 488 g/mol. The van der Waals surface area contributed by atoms with Crippen LogP contribution in [-0.4, -0.2) is 78.8 Å². The zero-order valence-corrected chi connectivity index (χ0v) is 22.2. The van der Waals surface area contributed by atoms with Crippen molar-refractivity contribution in [2.24, 2.45) is 5.73 Å². The molecule has 11 heteroatoms. The van der Waals surface area contributed by atoms with Gasteiger partial charge in [0.25, 0.3) is 11.8 Å². The van der Waals surface area contributed by atoms with Gasteiger partial charge in [-0.05, 0) is 64.4 Å². The summed E-state index contributed by atoms with van der Waals surface area (Å²) >= 11 is 0. The molecule has 0 bridgehead atoms. The molecule has 1 atom stereocenters. The molecular formula is C27H36N6O5. The number of hydrogen-bond acceptors (Lipinski definition) is 8. The molecule has 2 aliphatic heterocycles. The number of morpholine rings is 1. The Kier molecular flexibility index (Phi) is 8.48. The molecule has 2 aromatic rings. The Morgan fingerprint density at radius 1 is 1.18 bits per heavy atom. The number of benzene rings is 1. The maximum absolute atomic E-state index is 13.3. The molecule has 2 saturated heterocycles. The van der Waals surface area contributed by atoms with Gasteiger partial charge in [0, 0.05) is 43.1 Å². The van der Waals surface area contributed by atoms with Gasteiger partial charge in [0.1, 0.15) is 11.4 Å². The largest absolute Gasteiger partial charge is 0.443 e. The van der Waals surface area contributed by atoms with Crippen LogP contribution in [0.2, 0.25) is 0 Å². The predicted molar refractivity (Wildman–Crippen MR) is 144 cm³/mol. The van der Waals surface area contributed by atoms with E-state index in [4.69, 9.17) is 15.2 Å². The van der Waals surface area contributed by atoms with Gasteiger partial charge in [-0.25, -0.2) is 9.78 Å². The Morgan fingerprint density at radius 3 is 2.50 bits per heavy atom. The average Bonchev–Trinajstić information content (AvgIpc) is 2.89. The number of carbonyl (C=O) groups excluding carboxylic acids is 3. The van der Waals surface area contributed by atoms with E-state index in [1.54, 1.807) is 35.2 Å². The number of aromatic nitrogens is 1. The molecule has 2 fully saturated rings. The van der Waals surface area contributed by atoms with E-state index in [1.165, 1.54) is 11.1 Å². The number of ether oxygens (including phenoxy) is 2. The zero-order chi connectivity index (χ0) is 27.3. The summed E-state index contributed by atoms with van der Waals surface area (Å²) in [5.74, 6) is -0.369. The maximum Gasteiger partial charge on any atom is 0.416 e. The second-order valence-corrected chi connectivity index (χ2v) is 10.4. The number of nitrogens with one attached hydrogen (secondary N) is 2. The Bertz CT molecular complexity index is 1150. The van der Waals surface area contributed by atoms with Crippen LogP contribution in [0.25, 0.3) is 0 Å². The normalized spacial score (nSPS) is 18.0. The SMILES string of the molecule is CC(C)(C)OC(=O)N(c1cc(Nc2ccc(C(=O)N3CCOCC3)cc2)c(C(N)=O)cn1)[C@@H]1CCCNC1. The third kappa shape index (κ3) is 6.78. The third-order valence-electron chi connectivity index (χ3n) is 6.34. The van der Waals surface area contributed by atoms with E-state index in [0.717, 1.165) is 19.4 Å². The average molecular weight is 525 g/mol. The van der Waals surface area contributed by atoms with Gasteiger partial charge >= 0.3 is 6.09 Å². The van der Waals surface area contributed by atoms with Crippen molar-refractivity contribution in [2.45, 2.75) is 45.3 Å². The first kappa shape index (κ1) is 27.3. The van der Waals surface area contributed by atoms with Gasteiger partial charge in [0.05, 0.1) is 30.5 Å². The maximum atomic E-state index is 13.3. The number of nitrogens with zero attached hydrogens (tertiary/aromatic N) is 3. The number of rotatable bonds is 6. The van der Waals surface area contributed by atoms with E-state index in [1.807, 2.05) is 20.8 Å². The molecule has 4 N–H and O–H groups in total. The quantitative estimate of drug-likeness (QED) is 0.524. The van der Waals surface area contributed by atoms with Gasteiger partial charge in [-0.2, -0.15) is 0 Å². The molecule has 1 aromatic carbocycles. The van der Waals surface area contributed by atoms with Gasteiger partial charge in [-0.15, -0.1) is 0 Å². The first-order chi connectivity index (χ1) is 18.1. The van der Waals surface area contributed by atoms with Crippen molar-refractivity contribution in [1.82, 2.24) is 15.2 Å². The van der Waals surface area contributed by atoms with Gasteiger partial charge in [0.15, 0.2) is 0 Å². The van der Waals surface area contributed by atoms with Crippen LogP contribution in [0, 0.1) is 0 Å². The number of pyridine rings is 1. The summed E-state index contributed by atoms with van der Waals surface area (Å²) in [7, 11) is 0. The van der Waals surface area contributed by atoms with E-state index in [2.05, 4.69) is 15.6 Å². The number of hydrogen-bond donors (Lipinski definition) is 3. The van der Waals surface area contributed by atoms with Crippen LogP contribution in [0.3, 0.4) is 0 Å². The Morgan fingerprint density at radius 2 is 1.89 bits per heavy atom. The van der Waals surface area contributed by atoms with Crippen molar-refractivity contribution < 1.29 is 23.9 Å². The van der Waals surface area contributed by atoms with Crippen molar-refractivity contribution in [1.29, 1.82) is 0 Å². The summed E-state index contributed by atoms with van der Waals surface area (Å²) in [5, 5.41) is 6.52. The van der Waals surface area contributed by atoms with Gasteiger partial charge < -0.3 is 30.7 Å². The molecule has 11 nitrogen and oxygen atoms in total. The molecule has 3 heterocycles. The zero-order valence-electron chi connectivity index (χ0n) is 22.2. The van der Waals surface area contributed by atoms with Gasteiger partial charge in [0.2, 0.25) is 0 Å². The highest BCUT2D eigenvalue weighted by molar-refractivity contribution is 6.00. The first-order valence-electron chi connectivity index (χ1n) is 12.9. The summed E-state index contributed by atoms with van der Waals surface area (Å²) in [6.45, 7) is 9.09. The Hall–Kier alpha value is -3.70. The molecule has 0 unspecified atom stereocenters. The minimum Gasteiger partial charge on any atom is -0.443 e. The lowest BCUT2D eigenvalue weighted by Gasteiger charge is -2.35. The molecule has 38 heavy (non-hydrogen) atoms. The number of amides is 3. The predicted octanol–water partition coefficient (Wildman–Crippen LogP) is 2.89. The van der Waals surface area contributed by atoms with Crippen LogP contribution in [0.5, 0.6) is 0 Å². The number of anilines is 3. The Balaban J connectivity index is 1.60. The highest BCUT2D eigenvalue weighted by Crippen LogP contribution is 2.29. The van der Waals surface area contributed by atoms with Crippen LogP contribution in [-0.2, 0) is 9.47 Å². The highest BCUT2D eigenvalue weighted by atomic mass is 16.6. The number of primary amides is 1. The monoisotopic (exact) mass is 524 g/mol. The van der Waals surface area contributed by atoms with E-state index in [0.29, 0.717) is 55.6 Å².